The molecule has 9 nitrogen and oxygen atoms in total. The summed E-state index contributed by atoms with van der Waals surface area (Å²) in [4.78, 5) is 9.33. The Hall–Kier alpha value is -3.80. The fraction of sp³-hybridized carbons (Fsp3) is 0.207. The van der Waals surface area contributed by atoms with E-state index in [-0.39, 0.29) is 10.8 Å². The number of nitrogens with one attached hydrogen (secondary N) is 1. The van der Waals surface area contributed by atoms with Gasteiger partial charge in [0, 0.05) is 49.7 Å². The summed E-state index contributed by atoms with van der Waals surface area (Å²) in [6.07, 6.45) is 6.65. The number of rotatable bonds is 8. The van der Waals surface area contributed by atoms with E-state index >= 15 is 0 Å². The predicted molar refractivity (Wildman–Crippen MR) is 156 cm³/mol. The number of fused-ring (bicyclic) bond motifs is 1. The molecule has 40 heavy (non-hydrogen) atoms. The second-order valence-electron chi connectivity index (χ2n) is 9.57. The summed E-state index contributed by atoms with van der Waals surface area (Å²) in [7, 11) is -3.62. The van der Waals surface area contributed by atoms with Crippen molar-refractivity contribution in [3.8, 4) is 11.5 Å². The van der Waals surface area contributed by atoms with E-state index in [1.54, 1.807) is 45.5 Å². The van der Waals surface area contributed by atoms with Crippen LogP contribution in [0, 0.1) is 0 Å². The Labute approximate surface area is 241 Å². The van der Waals surface area contributed by atoms with Crippen LogP contribution in [0.25, 0.3) is 5.65 Å². The van der Waals surface area contributed by atoms with Gasteiger partial charge in [0.2, 0.25) is 10.0 Å². The molecule has 11 heteroatoms. The summed E-state index contributed by atoms with van der Waals surface area (Å²) in [6.45, 7) is 1.43. The largest absolute Gasteiger partial charge is 0.457 e. The van der Waals surface area contributed by atoms with Gasteiger partial charge in [-0.1, -0.05) is 24.3 Å². The second kappa shape index (κ2) is 11.4. The minimum absolute atomic E-state index is 0.124. The van der Waals surface area contributed by atoms with Crippen molar-refractivity contribution in [2.45, 2.75) is 30.2 Å². The minimum atomic E-state index is -3.62. The number of hydrogen-bond acceptors (Lipinski definition) is 7. The first kappa shape index (κ1) is 26.4. The van der Waals surface area contributed by atoms with E-state index in [2.05, 4.69) is 31.3 Å². The number of ether oxygens (including phenoxy) is 1. The molecule has 6 rings (SSSR count). The highest BCUT2D eigenvalue weighted by molar-refractivity contribution is 9.10. The maximum Gasteiger partial charge on any atom is 0.243 e. The van der Waals surface area contributed by atoms with Gasteiger partial charge in [0.1, 0.15) is 17.3 Å². The molecule has 3 aromatic heterocycles. The first-order valence-electron chi connectivity index (χ1n) is 13.0. The standard InChI is InChI=1S/C29H27BrN6O3S/c30-26-20-33-36-28(32-19-21-5-4-14-31-18-21)17-27(34-29(26)36)22-12-15-35(16-13-22)40(37,38)25-10-8-24(9-11-25)39-23-6-2-1-3-7-23/h1-11,14,17-18,20,22,32H,12-13,15-16,19H2. The van der Waals surface area contributed by atoms with Crippen molar-refractivity contribution < 1.29 is 13.2 Å². The Morgan fingerprint density at radius 2 is 1.70 bits per heavy atom. The van der Waals surface area contributed by atoms with Gasteiger partial charge in [0.05, 0.1) is 15.6 Å². The number of sulfonamides is 1. The number of piperidine rings is 1. The van der Waals surface area contributed by atoms with Crippen LogP contribution in [0.2, 0.25) is 0 Å². The van der Waals surface area contributed by atoms with Crippen LogP contribution in [-0.4, -0.2) is 45.4 Å². The third kappa shape index (κ3) is 5.58. The van der Waals surface area contributed by atoms with Crippen LogP contribution in [0.1, 0.15) is 30.0 Å². The topological polar surface area (TPSA) is 102 Å². The summed E-state index contributed by atoms with van der Waals surface area (Å²) in [5, 5.41) is 7.91. The summed E-state index contributed by atoms with van der Waals surface area (Å²) in [5.74, 6) is 2.23. The van der Waals surface area contributed by atoms with Crippen LogP contribution >= 0.6 is 15.9 Å². The van der Waals surface area contributed by atoms with E-state index in [1.165, 1.54) is 0 Å². The van der Waals surface area contributed by atoms with Crippen LogP contribution < -0.4 is 10.1 Å². The van der Waals surface area contributed by atoms with Crippen molar-refractivity contribution in [3.05, 3.63) is 107 Å². The molecular weight excluding hydrogens is 592 g/mol. The van der Waals surface area contributed by atoms with E-state index in [9.17, 15) is 8.42 Å². The Morgan fingerprint density at radius 3 is 2.42 bits per heavy atom. The quantitative estimate of drug-likeness (QED) is 0.232. The fourth-order valence-corrected chi connectivity index (χ4v) is 6.65. The molecule has 0 spiro atoms. The fourth-order valence-electron chi connectivity index (χ4n) is 4.83. The highest BCUT2D eigenvalue weighted by atomic mass is 79.9. The highest BCUT2D eigenvalue weighted by Gasteiger charge is 2.31. The zero-order chi connectivity index (χ0) is 27.5. The van der Waals surface area contributed by atoms with Gasteiger partial charge in [-0.25, -0.2) is 13.4 Å². The van der Waals surface area contributed by atoms with Gasteiger partial charge in [-0.2, -0.15) is 13.9 Å². The molecule has 0 atom stereocenters. The van der Waals surface area contributed by atoms with E-state index < -0.39 is 10.0 Å². The lowest BCUT2D eigenvalue weighted by atomic mass is 9.94. The van der Waals surface area contributed by atoms with E-state index in [0.29, 0.717) is 44.0 Å². The normalized spacial score (nSPS) is 14.8. The lowest BCUT2D eigenvalue weighted by molar-refractivity contribution is 0.317. The molecule has 4 heterocycles. The van der Waals surface area contributed by atoms with Crippen molar-refractivity contribution in [2.24, 2.45) is 0 Å². The van der Waals surface area contributed by atoms with Crippen molar-refractivity contribution in [1.29, 1.82) is 0 Å². The predicted octanol–water partition coefficient (Wildman–Crippen LogP) is 5.86. The summed E-state index contributed by atoms with van der Waals surface area (Å²) in [5.41, 5.74) is 2.69. The Bertz CT molecular complexity index is 1710. The smallest absolute Gasteiger partial charge is 0.243 e. The SMILES string of the molecule is O=S(=O)(c1ccc(Oc2ccccc2)cc1)N1CCC(c2cc(NCc3cccnc3)n3ncc(Br)c3n2)CC1. The van der Waals surface area contributed by atoms with Crippen LogP contribution in [0.4, 0.5) is 5.82 Å². The second-order valence-corrected chi connectivity index (χ2v) is 12.4. The van der Waals surface area contributed by atoms with Gasteiger partial charge in [0.15, 0.2) is 5.65 Å². The molecule has 1 aliphatic rings. The summed E-state index contributed by atoms with van der Waals surface area (Å²) in [6, 6.07) is 21.9. The first-order chi connectivity index (χ1) is 19.5. The Morgan fingerprint density at radius 1 is 0.950 bits per heavy atom. The monoisotopic (exact) mass is 618 g/mol. The number of anilines is 1. The number of nitrogens with zero attached hydrogens (tertiary/aromatic N) is 5. The lowest BCUT2D eigenvalue weighted by Gasteiger charge is -2.31. The van der Waals surface area contributed by atoms with E-state index in [0.717, 1.165) is 27.2 Å². The minimum Gasteiger partial charge on any atom is -0.457 e. The molecule has 1 saturated heterocycles. The third-order valence-electron chi connectivity index (χ3n) is 6.96. The molecule has 204 valence electrons. The molecule has 1 fully saturated rings. The lowest BCUT2D eigenvalue weighted by Crippen LogP contribution is -2.38. The van der Waals surface area contributed by atoms with Crippen molar-refractivity contribution in [1.82, 2.24) is 23.9 Å². The van der Waals surface area contributed by atoms with Crippen molar-refractivity contribution in [3.63, 3.8) is 0 Å². The van der Waals surface area contributed by atoms with E-state index in [4.69, 9.17) is 9.72 Å². The van der Waals surface area contributed by atoms with Gasteiger partial charge < -0.3 is 10.1 Å². The van der Waals surface area contributed by atoms with Crippen LogP contribution in [0.15, 0.2) is 101 Å². The van der Waals surface area contributed by atoms with Gasteiger partial charge in [0.25, 0.3) is 0 Å². The molecule has 1 aliphatic heterocycles. The van der Waals surface area contributed by atoms with Crippen molar-refractivity contribution >= 4 is 37.4 Å². The third-order valence-corrected chi connectivity index (χ3v) is 9.43. The number of hydrogen-bond donors (Lipinski definition) is 1. The molecule has 5 aromatic rings. The Kier molecular flexibility index (Phi) is 7.50. The number of aromatic nitrogens is 4. The molecule has 0 amide bonds. The maximum absolute atomic E-state index is 13.4. The number of pyridine rings is 1. The summed E-state index contributed by atoms with van der Waals surface area (Å²) >= 11 is 3.56. The molecule has 0 unspecified atom stereocenters. The average Bonchev–Trinajstić information content (AvgIpc) is 3.38. The van der Waals surface area contributed by atoms with Crippen LogP contribution in [0.5, 0.6) is 11.5 Å². The van der Waals surface area contributed by atoms with Gasteiger partial charge in [-0.05, 0) is 76.8 Å². The number of benzene rings is 2. The van der Waals surface area contributed by atoms with Crippen molar-refractivity contribution in [2.75, 3.05) is 18.4 Å². The molecule has 0 radical (unpaired) electrons. The van der Waals surface area contributed by atoms with Gasteiger partial charge in [-0.3, -0.25) is 4.98 Å². The van der Waals surface area contributed by atoms with Gasteiger partial charge >= 0.3 is 0 Å². The zero-order valence-corrected chi connectivity index (χ0v) is 23.9. The average molecular weight is 620 g/mol. The molecule has 2 aromatic carbocycles. The molecule has 1 N–H and O–H groups in total. The zero-order valence-electron chi connectivity index (χ0n) is 21.5. The Balaban J connectivity index is 1.15. The first-order valence-corrected chi connectivity index (χ1v) is 15.2. The number of para-hydroxylation sites is 1. The van der Waals surface area contributed by atoms with Crippen LogP contribution in [0.3, 0.4) is 0 Å². The van der Waals surface area contributed by atoms with Gasteiger partial charge in [-0.15, -0.1) is 0 Å². The maximum atomic E-state index is 13.4. The highest BCUT2D eigenvalue weighted by Crippen LogP contribution is 2.33. The summed E-state index contributed by atoms with van der Waals surface area (Å²) < 4.78 is 36.7. The molecule has 0 aliphatic carbocycles. The molecule has 0 saturated carbocycles. The molecular formula is C29H27BrN6O3S. The molecule has 0 bridgehead atoms. The van der Waals surface area contributed by atoms with E-state index in [1.807, 2.05) is 54.7 Å². The number of halogens is 1. The van der Waals surface area contributed by atoms with Crippen LogP contribution in [-0.2, 0) is 16.6 Å².